The van der Waals surface area contributed by atoms with Gasteiger partial charge in [0.15, 0.2) is 5.96 Å². The predicted octanol–water partition coefficient (Wildman–Crippen LogP) is 1.46. The van der Waals surface area contributed by atoms with E-state index in [1.165, 1.54) is 0 Å². The molecule has 0 bridgehead atoms. The van der Waals surface area contributed by atoms with Gasteiger partial charge in [0.1, 0.15) is 0 Å². The molecule has 0 aromatic heterocycles. The van der Waals surface area contributed by atoms with Crippen molar-refractivity contribution >= 4 is 17.6 Å². The van der Waals surface area contributed by atoms with E-state index in [-0.39, 0.29) is 11.9 Å². The van der Waals surface area contributed by atoms with E-state index in [4.69, 9.17) is 4.74 Å². The molecule has 2 heterocycles. The van der Waals surface area contributed by atoms with Crippen molar-refractivity contribution in [3.8, 4) is 0 Å². The lowest BCUT2D eigenvalue weighted by atomic mass is 10.2. The fraction of sp³-hybridized carbons (Fsp3) is 0.619. The van der Waals surface area contributed by atoms with E-state index >= 15 is 0 Å². The van der Waals surface area contributed by atoms with Crippen LogP contribution in [0.4, 0.5) is 5.69 Å². The summed E-state index contributed by atoms with van der Waals surface area (Å²) in [7, 11) is 1.77. The van der Waals surface area contributed by atoms with Crippen LogP contribution in [0.5, 0.6) is 0 Å². The zero-order valence-electron chi connectivity index (χ0n) is 17.2. The summed E-state index contributed by atoms with van der Waals surface area (Å²) in [6.07, 6.45) is 2.14. The minimum atomic E-state index is 0.0693. The van der Waals surface area contributed by atoms with Gasteiger partial charge in [-0.15, -0.1) is 0 Å². The maximum absolute atomic E-state index is 12.4. The number of hydrogen-bond donors (Lipinski definition) is 2. The number of nitrogens with zero attached hydrogens (tertiary/aromatic N) is 3. The van der Waals surface area contributed by atoms with Gasteiger partial charge >= 0.3 is 0 Å². The van der Waals surface area contributed by atoms with Crippen LogP contribution < -0.4 is 15.5 Å². The summed E-state index contributed by atoms with van der Waals surface area (Å²) in [6, 6.07) is 9.89. The van der Waals surface area contributed by atoms with Gasteiger partial charge in [0, 0.05) is 51.9 Å². The molecule has 1 amide bonds. The van der Waals surface area contributed by atoms with Crippen LogP contribution in [0.25, 0.3) is 0 Å². The Morgan fingerprint density at radius 1 is 1.18 bits per heavy atom. The summed E-state index contributed by atoms with van der Waals surface area (Å²) in [5.41, 5.74) is 0.953. The number of hydrogen-bond acceptors (Lipinski definition) is 4. The van der Waals surface area contributed by atoms with Crippen molar-refractivity contribution in [3.05, 3.63) is 30.3 Å². The molecule has 28 heavy (non-hydrogen) atoms. The third-order valence-corrected chi connectivity index (χ3v) is 5.20. The van der Waals surface area contributed by atoms with Crippen LogP contribution in [0, 0.1) is 0 Å². The number of carbonyl (C=O) groups is 1. The van der Waals surface area contributed by atoms with Crippen LogP contribution in [-0.2, 0) is 9.53 Å². The Hall–Kier alpha value is -2.12. The smallest absolute Gasteiger partial charge is 0.229 e. The van der Waals surface area contributed by atoms with E-state index in [0.29, 0.717) is 25.2 Å². The summed E-state index contributed by atoms with van der Waals surface area (Å²) in [4.78, 5) is 21.0. The molecular formula is C21H33N5O2. The normalized spacial score (nSPS) is 26.5. The highest BCUT2D eigenvalue weighted by atomic mass is 16.5. The Labute approximate surface area is 168 Å². The molecule has 0 spiro atoms. The maximum atomic E-state index is 12.4. The van der Waals surface area contributed by atoms with E-state index in [1.807, 2.05) is 35.2 Å². The second kappa shape index (κ2) is 9.89. The molecular weight excluding hydrogens is 354 g/mol. The summed E-state index contributed by atoms with van der Waals surface area (Å²) in [6.45, 7) is 8.82. The minimum absolute atomic E-state index is 0.0693. The standard InChI is InChI=1S/C21H33N5O2/c1-16-13-25(14-17(2)28-16)11-7-10-23-21(22-3)24-18-12-20(27)26(15-18)19-8-5-4-6-9-19/h4-6,8-9,16-18H,7,10-15H2,1-3H3,(H2,22,23,24). The highest BCUT2D eigenvalue weighted by Gasteiger charge is 2.31. The molecule has 2 aliphatic heterocycles. The number of anilines is 1. The van der Waals surface area contributed by atoms with Crippen molar-refractivity contribution in [2.75, 3.05) is 44.7 Å². The topological polar surface area (TPSA) is 69.2 Å². The lowest BCUT2D eigenvalue weighted by Gasteiger charge is -2.35. The average molecular weight is 388 g/mol. The molecule has 2 saturated heterocycles. The van der Waals surface area contributed by atoms with Gasteiger partial charge in [-0.05, 0) is 32.4 Å². The third-order valence-electron chi connectivity index (χ3n) is 5.20. The molecule has 2 aliphatic rings. The van der Waals surface area contributed by atoms with Gasteiger partial charge in [0.25, 0.3) is 0 Å². The summed E-state index contributed by atoms with van der Waals surface area (Å²) >= 11 is 0. The molecule has 0 saturated carbocycles. The first-order valence-corrected chi connectivity index (χ1v) is 10.3. The van der Waals surface area contributed by atoms with Gasteiger partial charge in [-0.1, -0.05) is 18.2 Å². The number of amides is 1. The number of aliphatic imine (C=N–C) groups is 1. The Morgan fingerprint density at radius 3 is 2.57 bits per heavy atom. The fourth-order valence-corrected chi connectivity index (χ4v) is 4.03. The van der Waals surface area contributed by atoms with Gasteiger partial charge in [0.05, 0.1) is 18.2 Å². The SMILES string of the molecule is CN=C(NCCCN1CC(C)OC(C)C1)NC1CC(=O)N(c2ccccc2)C1. The number of benzene rings is 1. The predicted molar refractivity (Wildman–Crippen MR) is 113 cm³/mol. The maximum Gasteiger partial charge on any atom is 0.229 e. The van der Waals surface area contributed by atoms with Crippen molar-refractivity contribution in [1.29, 1.82) is 0 Å². The lowest BCUT2D eigenvalue weighted by Crippen LogP contribution is -2.47. The quantitative estimate of drug-likeness (QED) is 0.439. The highest BCUT2D eigenvalue weighted by molar-refractivity contribution is 5.97. The van der Waals surface area contributed by atoms with Crippen LogP contribution >= 0.6 is 0 Å². The number of guanidine groups is 1. The zero-order valence-corrected chi connectivity index (χ0v) is 17.2. The molecule has 7 nitrogen and oxygen atoms in total. The van der Waals surface area contributed by atoms with E-state index in [0.717, 1.165) is 44.2 Å². The summed E-state index contributed by atoms with van der Waals surface area (Å²) < 4.78 is 5.78. The van der Waals surface area contributed by atoms with Crippen molar-refractivity contribution in [3.63, 3.8) is 0 Å². The number of nitrogens with one attached hydrogen (secondary N) is 2. The van der Waals surface area contributed by atoms with Gasteiger partial charge in [-0.2, -0.15) is 0 Å². The van der Waals surface area contributed by atoms with E-state index < -0.39 is 0 Å². The first kappa shape index (κ1) is 20.6. The fourth-order valence-electron chi connectivity index (χ4n) is 4.03. The van der Waals surface area contributed by atoms with Crippen LogP contribution in [0.1, 0.15) is 26.7 Å². The molecule has 7 heteroatoms. The second-order valence-electron chi connectivity index (χ2n) is 7.75. The second-order valence-corrected chi connectivity index (χ2v) is 7.75. The molecule has 2 fully saturated rings. The first-order chi connectivity index (χ1) is 13.5. The number of rotatable bonds is 6. The number of carbonyl (C=O) groups excluding carboxylic acids is 1. The van der Waals surface area contributed by atoms with Crippen molar-refractivity contribution in [2.24, 2.45) is 4.99 Å². The largest absolute Gasteiger partial charge is 0.373 e. The van der Waals surface area contributed by atoms with E-state index in [1.54, 1.807) is 7.05 Å². The summed E-state index contributed by atoms with van der Waals surface area (Å²) in [5.74, 6) is 0.908. The van der Waals surface area contributed by atoms with Crippen LogP contribution in [0.2, 0.25) is 0 Å². The third kappa shape index (κ3) is 5.69. The van der Waals surface area contributed by atoms with E-state index in [9.17, 15) is 4.79 Å². The number of ether oxygens (including phenoxy) is 1. The Balaban J connectivity index is 1.40. The van der Waals surface area contributed by atoms with Gasteiger partial charge < -0.3 is 20.3 Å². The molecule has 0 radical (unpaired) electrons. The molecule has 2 N–H and O–H groups in total. The van der Waals surface area contributed by atoms with Crippen molar-refractivity contribution in [1.82, 2.24) is 15.5 Å². The Kier molecular flexibility index (Phi) is 7.28. The Morgan fingerprint density at radius 2 is 1.89 bits per heavy atom. The number of morpholine rings is 1. The molecule has 3 rings (SSSR count). The Bertz CT molecular complexity index is 656. The lowest BCUT2D eigenvalue weighted by molar-refractivity contribution is -0.117. The molecule has 154 valence electrons. The molecule has 0 aliphatic carbocycles. The van der Waals surface area contributed by atoms with Crippen molar-refractivity contribution < 1.29 is 9.53 Å². The summed E-state index contributed by atoms with van der Waals surface area (Å²) in [5, 5.41) is 6.77. The van der Waals surface area contributed by atoms with Crippen molar-refractivity contribution in [2.45, 2.75) is 44.9 Å². The minimum Gasteiger partial charge on any atom is -0.373 e. The van der Waals surface area contributed by atoms with Crippen LogP contribution in [0.15, 0.2) is 35.3 Å². The monoisotopic (exact) mass is 387 g/mol. The van der Waals surface area contributed by atoms with Gasteiger partial charge in [0.2, 0.25) is 5.91 Å². The van der Waals surface area contributed by atoms with Gasteiger partial charge in [-0.25, -0.2) is 0 Å². The van der Waals surface area contributed by atoms with E-state index in [2.05, 4.69) is 34.4 Å². The molecule has 1 aromatic rings. The van der Waals surface area contributed by atoms with Crippen LogP contribution in [0.3, 0.4) is 0 Å². The van der Waals surface area contributed by atoms with Gasteiger partial charge in [-0.3, -0.25) is 14.7 Å². The molecule has 3 atom stereocenters. The average Bonchev–Trinajstić information content (AvgIpc) is 3.04. The zero-order chi connectivity index (χ0) is 19.9. The highest BCUT2D eigenvalue weighted by Crippen LogP contribution is 2.20. The number of para-hydroxylation sites is 1. The van der Waals surface area contributed by atoms with Crippen LogP contribution in [-0.4, -0.2) is 74.8 Å². The first-order valence-electron chi connectivity index (χ1n) is 10.3. The molecule has 3 unspecified atom stereocenters. The molecule has 1 aromatic carbocycles.